The fourth-order valence-electron chi connectivity index (χ4n) is 1.96. The first-order valence-electron chi connectivity index (χ1n) is 5.86. The monoisotopic (exact) mass is 318 g/mol. The van der Waals surface area contributed by atoms with Crippen LogP contribution in [0.5, 0.6) is 0 Å². The van der Waals surface area contributed by atoms with Gasteiger partial charge in [-0.1, -0.05) is 15.9 Å². The van der Waals surface area contributed by atoms with Crippen LogP contribution in [0.1, 0.15) is 27.0 Å². The van der Waals surface area contributed by atoms with Crippen molar-refractivity contribution in [2.45, 2.75) is 13.8 Å². The maximum atomic E-state index is 12.5. The number of hydrogen-bond acceptors (Lipinski definition) is 3. The molecule has 2 aromatic carbocycles. The van der Waals surface area contributed by atoms with Gasteiger partial charge in [-0.3, -0.25) is 4.79 Å². The van der Waals surface area contributed by atoms with Crippen molar-refractivity contribution < 1.29 is 4.79 Å². The maximum Gasteiger partial charge on any atom is 0.195 e. The van der Waals surface area contributed by atoms with Crippen LogP contribution < -0.4 is 11.5 Å². The van der Waals surface area contributed by atoms with Crippen LogP contribution in [0.15, 0.2) is 34.8 Å². The Morgan fingerprint density at radius 1 is 1.00 bits per heavy atom. The predicted octanol–water partition coefficient (Wildman–Crippen LogP) is 3.46. The molecule has 2 rings (SSSR count). The molecule has 2 aromatic rings. The largest absolute Gasteiger partial charge is 0.399 e. The number of benzene rings is 2. The van der Waals surface area contributed by atoms with Gasteiger partial charge >= 0.3 is 0 Å². The Morgan fingerprint density at radius 3 is 2.32 bits per heavy atom. The lowest BCUT2D eigenvalue weighted by molar-refractivity contribution is 0.103. The maximum absolute atomic E-state index is 12.5. The molecule has 0 unspecified atom stereocenters. The molecule has 3 nitrogen and oxygen atoms in total. The fraction of sp³-hybridized carbons (Fsp3) is 0.133. The van der Waals surface area contributed by atoms with Crippen molar-refractivity contribution in [1.29, 1.82) is 0 Å². The van der Waals surface area contributed by atoms with Crippen LogP contribution in [-0.2, 0) is 0 Å². The summed E-state index contributed by atoms with van der Waals surface area (Å²) in [6.45, 7) is 3.86. The number of ketones is 1. The zero-order chi connectivity index (χ0) is 14.2. The normalized spacial score (nSPS) is 10.5. The van der Waals surface area contributed by atoms with Gasteiger partial charge in [-0.05, 0) is 55.3 Å². The molecule has 0 aliphatic heterocycles. The van der Waals surface area contributed by atoms with Crippen molar-refractivity contribution in [3.8, 4) is 0 Å². The molecule has 0 aliphatic rings. The van der Waals surface area contributed by atoms with E-state index in [9.17, 15) is 4.79 Å². The lowest BCUT2D eigenvalue weighted by atomic mass is 9.96. The Hall–Kier alpha value is -1.81. The van der Waals surface area contributed by atoms with Gasteiger partial charge in [-0.15, -0.1) is 0 Å². The molecule has 0 spiro atoms. The molecule has 4 heteroatoms. The van der Waals surface area contributed by atoms with Gasteiger partial charge in [-0.25, -0.2) is 0 Å². The summed E-state index contributed by atoms with van der Waals surface area (Å²) in [6, 6.07) is 8.77. The number of nitrogens with two attached hydrogens (primary N) is 2. The number of rotatable bonds is 2. The number of nitrogen functional groups attached to an aromatic ring is 2. The number of anilines is 2. The highest BCUT2D eigenvalue weighted by molar-refractivity contribution is 9.10. The second kappa shape index (κ2) is 5.05. The van der Waals surface area contributed by atoms with Crippen molar-refractivity contribution in [3.63, 3.8) is 0 Å². The highest BCUT2D eigenvalue weighted by atomic mass is 79.9. The van der Waals surface area contributed by atoms with Crippen LogP contribution in [0.25, 0.3) is 0 Å². The summed E-state index contributed by atoms with van der Waals surface area (Å²) in [7, 11) is 0. The van der Waals surface area contributed by atoms with Crippen LogP contribution in [0.2, 0.25) is 0 Å². The third-order valence-electron chi connectivity index (χ3n) is 3.07. The highest BCUT2D eigenvalue weighted by Gasteiger charge is 2.15. The van der Waals surface area contributed by atoms with Crippen molar-refractivity contribution >= 4 is 33.1 Å². The number of halogens is 1. The van der Waals surface area contributed by atoms with Crippen molar-refractivity contribution in [2.75, 3.05) is 11.5 Å². The first-order chi connectivity index (χ1) is 8.90. The molecule has 0 aromatic heterocycles. The predicted molar refractivity (Wildman–Crippen MR) is 82.3 cm³/mol. The van der Waals surface area contributed by atoms with Crippen LogP contribution >= 0.6 is 15.9 Å². The van der Waals surface area contributed by atoms with E-state index in [4.69, 9.17) is 11.5 Å². The lowest BCUT2D eigenvalue weighted by Crippen LogP contribution is -2.08. The first kappa shape index (κ1) is 13.6. The minimum Gasteiger partial charge on any atom is -0.399 e. The van der Waals surface area contributed by atoms with E-state index in [0.717, 1.165) is 15.6 Å². The van der Waals surface area contributed by atoms with Gasteiger partial charge in [0.05, 0.1) is 0 Å². The Bertz CT molecular complexity index is 665. The summed E-state index contributed by atoms with van der Waals surface area (Å²) in [4.78, 5) is 12.5. The van der Waals surface area contributed by atoms with Crippen molar-refractivity contribution in [1.82, 2.24) is 0 Å². The smallest absolute Gasteiger partial charge is 0.195 e. The molecular weight excluding hydrogens is 304 g/mol. The fourth-order valence-corrected chi connectivity index (χ4v) is 2.42. The zero-order valence-corrected chi connectivity index (χ0v) is 12.4. The van der Waals surface area contributed by atoms with E-state index in [1.807, 2.05) is 26.0 Å². The first-order valence-corrected chi connectivity index (χ1v) is 6.66. The van der Waals surface area contributed by atoms with Crippen LogP contribution in [0, 0.1) is 13.8 Å². The lowest BCUT2D eigenvalue weighted by Gasteiger charge is -2.10. The highest BCUT2D eigenvalue weighted by Crippen LogP contribution is 2.25. The van der Waals surface area contributed by atoms with E-state index < -0.39 is 0 Å². The molecule has 19 heavy (non-hydrogen) atoms. The van der Waals surface area contributed by atoms with Gasteiger partial charge in [0.2, 0.25) is 0 Å². The summed E-state index contributed by atoms with van der Waals surface area (Å²) in [6.07, 6.45) is 0. The van der Waals surface area contributed by atoms with E-state index >= 15 is 0 Å². The van der Waals surface area contributed by atoms with E-state index in [0.29, 0.717) is 22.5 Å². The van der Waals surface area contributed by atoms with E-state index in [-0.39, 0.29) is 5.78 Å². The minimum atomic E-state index is -0.0781. The summed E-state index contributed by atoms with van der Waals surface area (Å²) in [5, 5.41) is 0. The van der Waals surface area contributed by atoms with E-state index in [1.54, 1.807) is 18.2 Å². The van der Waals surface area contributed by atoms with Crippen LogP contribution in [0.4, 0.5) is 11.4 Å². The number of aryl methyl sites for hydroxylation is 2. The number of hydrogen-bond donors (Lipinski definition) is 2. The zero-order valence-electron chi connectivity index (χ0n) is 10.8. The summed E-state index contributed by atoms with van der Waals surface area (Å²) in [5.41, 5.74) is 15.6. The summed E-state index contributed by atoms with van der Waals surface area (Å²) >= 11 is 3.46. The van der Waals surface area contributed by atoms with Crippen LogP contribution in [0.3, 0.4) is 0 Å². The van der Waals surface area contributed by atoms with Crippen molar-refractivity contribution in [2.24, 2.45) is 0 Å². The van der Waals surface area contributed by atoms with Crippen LogP contribution in [-0.4, -0.2) is 5.78 Å². The van der Waals surface area contributed by atoms with Crippen molar-refractivity contribution in [3.05, 3.63) is 57.1 Å². The molecule has 0 radical (unpaired) electrons. The van der Waals surface area contributed by atoms with Gasteiger partial charge in [0.15, 0.2) is 5.78 Å². The molecule has 0 saturated heterocycles. The molecule has 0 bridgehead atoms. The van der Waals surface area contributed by atoms with Gasteiger partial charge in [-0.2, -0.15) is 0 Å². The average Bonchev–Trinajstić information content (AvgIpc) is 2.33. The third-order valence-corrected chi connectivity index (χ3v) is 3.92. The molecule has 0 amide bonds. The molecule has 0 fully saturated rings. The molecule has 0 heterocycles. The number of carbonyl (C=O) groups excluding carboxylic acids is 1. The molecule has 4 N–H and O–H groups in total. The van der Waals surface area contributed by atoms with E-state index in [1.165, 1.54) is 0 Å². The minimum absolute atomic E-state index is 0.0781. The van der Waals surface area contributed by atoms with Gasteiger partial charge in [0.1, 0.15) is 0 Å². The van der Waals surface area contributed by atoms with E-state index in [2.05, 4.69) is 15.9 Å². The number of carbonyl (C=O) groups is 1. The Balaban J connectivity index is 2.53. The van der Waals surface area contributed by atoms with Gasteiger partial charge in [0.25, 0.3) is 0 Å². The standard InChI is InChI=1S/C15H15BrN2O/c1-8-6-13(16)9(2)5-12(8)15(19)11-4-3-10(17)7-14(11)18/h3-7H,17-18H2,1-2H3. The van der Waals surface area contributed by atoms with Gasteiger partial charge < -0.3 is 11.5 Å². The summed E-state index contributed by atoms with van der Waals surface area (Å²) < 4.78 is 0.992. The third kappa shape index (κ3) is 2.63. The topological polar surface area (TPSA) is 69.1 Å². The Labute approximate surface area is 120 Å². The molecule has 0 atom stereocenters. The molecule has 0 saturated carbocycles. The summed E-state index contributed by atoms with van der Waals surface area (Å²) in [5.74, 6) is -0.0781. The Morgan fingerprint density at radius 2 is 1.68 bits per heavy atom. The molecule has 98 valence electrons. The SMILES string of the molecule is Cc1cc(C(=O)c2ccc(N)cc2N)c(C)cc1Br. The molecular formula is C15H15BrN2O. The van der Waals surface area contributed by atoms with Gasteiger partial charge in [0, 0.05) is 27.0 Å². The average molecular weight is 319 g/mol. The Kier molecular flexibility index (Phi) is 3.62. The second-order valence-electron chi connectivity index (χ2n) is 4.59. The molecule has 0 aliphatic carbocycles. The second-order valence-corrected chi connectivity index (χ2v) is 5.45. The quantitative estimate of drug-likeness (QED) is 0.658.